The molecule has 0 N–H and O–H groups in total. The lowest BCUT2D eigenvalue weighted by atomic mass is 9.77. The molecule has 0 radical (unpaired) electrons. The number of rotatable bonds is 6. The molecule has 0 unspecified atom stereocenters. The van der Waals surface area contributed by atoms with Crippen LogP contribution in [0.5, 0.6) is 0 Å². The average Bonchev–Trinajstić information content (AvgIpc) is 3.24. The van der Waals surface area contributed by atoms with E-state index in [0.717, 1.165) is 22.9 Å². The van der Waals surface area contributed by atoms with Crippen molar-refractivity contribution in [2.75, 3.05) is 0 Å². The Labute approximate surface area is 168 Å². The van der Waals surface area contributed by atoms with Crippen molar-refractivity contribution in [2.24, 2.45) is 0 Å². The SMILES string of the molecule is O=[N+]([O-])/C=C/c1cn(C(c2ccccc2)(c2ccccc2)c2ccccc2)cn1. The Hall–Kier alpha value is -3.99. The van der Waals surface area contributed by atoms with Gasteiger partial charge in [0.2, 0.25) is 6.20 Å². The van der Waals surface area contributed by atoms with Crippen molar-refractivity contribution in [1.29, 1.82) is 0 Å². The van der Waals surface area contributed by atoms with Crippen molar-refractivity contribution in [2.45, 2.75) is 5.54 Å². The second-order valence-corrected chi connectivity index (χ2v) is 6.62. The van der Waals surface area contributed by atoms with Gasteiger partial charge in [-0.05, 0) is 16.7 Å². The van der Waals surface area contributed by atoms with Gasteiger partial charge in [0, 0.05) is 12.3 Å². The van der Waals surface area contributed by atoms with Gasteiger partial charge in [0.05, 0.1) is 16.9 Å². The van der Waals surface area contributed by atoms with Crippen LogP contribution >= 0.6 is 0 Å². The van der Waals surface area contributed by atoms with Gasteiger partial charge in [-0.3, -0.25) is 10.1 Å². The maximum Gasteiger partial charge on any atom is 0.236 e. The molecule has 0 aliphatic heterocycles. The topological polar surface area (TPSA) is 61.0 Å². The fraction of sp³-hybridized carbons (Fsp3) is 0.0417. The van der Waals surface area contributed by atoms with E-state index in [-0.39, 0.29) is 0 Å². The Balaban J connectivity index is 2.02. The van der Waals surface area contributed by atoms with E-state index >= 15 is 0 Å². The number of nitro groups is 1. The third-order valence-corrected chi connectivity index (χ3v) is 4.93. The minimum atomic E-state index is -0.669. The molecule has 1 aromatic heterocycles. The summed E-state index contributed by atoms with van der Waals surface area (Å²) in [7, 11) is 0. The van der Waals surface area contributed by atoms with E-state index in [1.54, 1.807) is 6.33 Å². The highest BCUT2D eigenvalue weighted by atomic mass is 16.6. The van der Waals surface area contributed by atoms with E-state index in [1.807, 2.05) is 65.4 Å². The molecule has 4 aromatic rings. The molecule has 0 amide bonds. The molecule has 3 aromatic carbocycles. The van der Waals surface area contributed by atoms with E-state index in [9.17, 15) is 10.1 Å². The number of benzene rings is 3. The first-order valence-corrected chi connectivity index (χ1v) is 9.24. The van der Waals surface area contributed by atoms with Gasteiger partial charge in [-0.25, -0.2) is 4.98 Å². The fourth-order valence-corrected chi connectivity index (χ4v) is 3.73. The van der Waals surface area contributed by atoms with Crippen LogP contribution in [-0.4, -0.2) is 14.5 Å². The van der Waals surface area contributed by atoms with Crippen LogP contribution in [0.4, 0.5) is 0 Å². The Morgan fingerprint density at radius 3 is 1.66 bits per heavy atom. The largest absolute Gasteiger partial charge is 0.318 e. The van der Waals surface area contributed by atoms with Crippen molar-refractivity contribution in [3.05, 3.63) is 142 Å². The summed E-state index contributed by atoms with van der Waals surface area (Å²) in [5.74, 6) is 0. The third kappa shape index (κ3) is 3.46. The van der Waals surface area contributed by atoms with Crippen molar-refractivity contribution in [1.82, 2.24) is 9.55 Å². The maximum atomic E-state index is 10.7. The zero-order valence-electron chi connectivity index (χ0n) is 15.6. The molecule has 0 spiro atoms. The summed E-state index contributed by atoms with van der Waals surface area (Å²) >= 11 is 0. The molecular weight excluding hydrogens is 362 g/mol. The van der Waals surface area contributed by atoms with Crippen LogP contribution in [0.1, 0.15) is 22.4 Å². The van der Waals surface area contributed by atoms with Crippen molar-refractivity contribution in [3.8, 4) is 0 Å². The van der Waals surface area contributed by atoms with Crippen LogP contribution in [0.25, 0.3) is 6.08 Å². The van der Waals surface area contributed by atoms with Gasteiger partial charge in [0.25, 0.3) is 0 Å². The second kappa shape index (κ2) is 7.94. The molecule has 0 fully saturated rings. The molecular formula is C24H19N3O2. The highest BCUT2D eigenvalue weighted by Gasteiger charge is 2.38. The van der Waals surface area contributed by atoms with Gasteiger partial charge < -0.3 is 4.57 Å². The van der Waals surface area contributed by atoms with E-state index in [2.05, 4.69) is 41.4 Å². The van der Waals surface area contributed by atoms with E-state index in [0.29, 0.717) is 5.69 Å². The molecule has 0 bridgehead atoms. The van der Waals surface area contributed by atoms with Gasteiger partial charge >= 0.3 is 0 Å². The van der Waals surface area contributed by atoms with Crippen LogP contribution < -0.4 is 0 Å². The van der Waals surface area contributed by atoms with Gasteiger partial charge in [0.15, 0.2) is 0 Å². The number of nitrogens with zero attached hydrogens (tertiary/aromatic N) is 3. The normalized spacial score (nSPS) is 11.6. The number of imidazole rings is 1. The molecule has 0 aliphatic carbocycles. The summed E-state index contributed by atoms with van der Waals surface area (Å²) in [6.07, 6.45) is 5.88. The summed E-state index contributed by atoms with van der Waals surface area (Å²) in [6, 6.07) is 30.6. The minimum Gasteiger partial charge on any atom is -0.318 e. The van der Waals surface area contributed by atoms with Gasteiger partial charge in [-0.2, -0.15) is 0 Å². The molecule has 5 heteroatoms. The first-order chi connectivity index (χ1) is 14.2. The maximum absolute atomic E-state index is 10.7. The number of hydrogen-bond donors (Lipinski definition) is 0. The lowest BCUT2D eigenvalue weighted by molar-refractivity contribution is -0.401. The number of hydrogen-bond acceptors (Lipinski definition) is 3. The van der Waals surface area contributed by atoms with Crippen molar-refractivity contribution in [3.63, 3.8) is 0 Å². The Kier molecular flexibility index (Phi) is 5.03. The highest BCUT2D eigenvalue weighted by Crippen LogP contribution is 2.40. The predicted octanol–water partition coefficient (Wildman–Crippen LogP) is 4.97. The molecule has 29 heavy (non-hydrogen) atoms. The lowest BCUT2D eigenvalue weighted by Crippen LogP contribution is -2.36. The fourth-order valence-electron chi connectivity index (χ4n) is 3.73. The van der Waals surface area contributed by atoms with E-state index < -0.39 is 10.5 Å². The van der Waals surface area contributed by atoms with Gasteiger partial charge in [-0.15, -0.1) is 0 Å². The van der Waals surface area contributed by atoms with Gasteiger partial charge in [0.1, 0.15) is 5.54 Å². The lowest BCUT2D eigenvalue weighted by Gasteiger charge is -2.37. The summed E-state index contributed by atoms with van der Waals surface area (Å²) in [6.45, 7) is 0. The predicted molar refractivity (Wildman–Crippen MR) is 113 cm³/mol. The van der Waals surface area contributed by atoms with E-state index in [1.165, 1.54) is 6.08 Å². The molecule has 0 aliphatic rings. The Bertz CT molecular complexity index is 1020. The summed E-state index contributed by atoms with van der Waals surface area (Å²) < 4.78 is 2.02. The first-order valence-electron chi connectivity index (χ1n) is 9.24. The molecule has 142 valence electrons. The third-order valence-electron chi connectivity index (χ3n) is 4.93. The standard InChI is InChI=1S/C24H19N3O2/c28-27(29)17-16-23-18-26(19-25-23)24(20-10-4-1-5-11-20,21-12-6-2-7-13-21)22-14-8-3-9-15-22/h1-19H/b17-16+. The van der Waals surface area contributed by atoms with Crippen LogP contribution in [0.15, 0.2) is 110 Å². The monoisotopic (exact) mass is 381 g/mol. The smallest absolute Gasteiger partial charge is 0.236 e. The first kappa shape index (κ1) is 18.4. The molecule has 4 rings (SSSR count). The quantitative estimate of drug-likeness (QED) is 0.269. The Morgan fingerprint density at radius 1 is 0.793 bits per heavy atom. The van der Waals surface area contributed by atoms with E-state index in [4.69, 9.17) is 0 Å². The molecule has 0 saturated heterocycles. The van der Waals surface area contributed by atoms with Crippen LogP contribution in [0.2, 0.25) is 0 Å². The van der Waals surface area contributed by atoms with Crippen molar-refractivity contribution < 1.29 is 4.92 Å². The zero-order valence-corrected chi connectivity index (χ0v) is 15.6. The highest BCUT2D eigenvalue weighted by molar-refractivity contribution is 5.52. The molecule has 1 heterocycles. The van der Waals surface area contributed by atoms with Crippen LogP contribution in [-0.2, 0) is 5.54 Å². The summed E-state index contributed by atoms with van der Waals surface area (Å²) in [4.78, 5) is 14.6. The Morgan fingerprint density at radius 2 is 1.24 bits per heavy atom. The summed E-state index contributed by atoms with van der Waals surface area (Å²) in [5, 5.41) is 10.7. The zero-order chi connectivity index (χ0) is 20.1. The van der Waals surface area contributed by atoms with Crippen molar-refractivity contribution >= 4 is 6.08 Å². The number of aromatic nitrogens is 2. The van der Waals surface area contributed by atoms with Crippen LogP contribution in [0.3, 0.4) is 0 Å². The molecule has 5 nitrogen and oxygen atoms in total. The average molecular weight is 381 g/mol. The summed E-state index contributed by atoms with van der Waals surface area (Å²) in [5.41, 5.74) is 3.06. The molecule has 0 atom stereocenters. The second-order valence-electron chi connectivity index (χ2n) is 6.62. The van der Waals surface area contributed by atoms with Crippen LogP contribution in [0, 0.1) is 10.1 Å². The molecule has 0 saturated carbocycles. The minimum absolute atomic E-state index is 0.488. The van der Waals surface area contributed by atoms with Gasteiger partial charge in [-0.1, -0.05) is 91.0 Å².